The average molecular weight is 453 g/mol. The minimum Gasteiger partial charge on any atom is -0.351 e. The molecule has 1 atom stereocenters. The molecule has 0 bridgehead atoms. The van der Waals surface area contributed by atoms with E-state index in [4.69, 9.17) is 0 Å². The van der Waals surface area contributed by atoms with Gasteiger partial charge >= 0.3 is 0 Å². The Morgan fingerprint density at radius 2 is 1.66 bits per heavy atom. The summed E-state index contributed by atoms with van der Waals surface area (Å²) in [5.74, 6) is 0.0719. The van der Waals surface area contributed by atoms with Crippen LogP contribution in [0.5, 0.6) is 0 Å². The van der Waals surface area contributed by atoms with Crippen molar-refractivity contribution < 1.29 is 9.59 Å². The maximum atomic E-state index is 13.9. The predicted molar refractivity (Wildman–Crippen MR) is 131 cm³/mol. The van der Waals surface area contributed by atoms with E-state index < -0.39 is 6.04 Å². The maximum absolute atomic E-state index is 13.9. The third-order valence-corrected chi connectivity index (χ3v) is 8.00. The van der Waals surface area contributed by atoms with Gasteiger partial charge in [0.25, 0.3) is 0 Å². The van der Waals surface area contributed by atoms with Crippen LogP contribution < -0.4 is 5.32 Å². The van der Waals surface area contributed by atoms with Crippen LogP contribution in [0.1, 0.15) is 86.3 Å². The molecule has 32 heavy (non-hydrogen) atoms. The number of amides is 2. The Labute approximate surface area is 196 Å². The van der Waals surface area contributed by atoms with E-state index in [1.807, 2.05) is 40.6 Å². The summed E-state index contributed by atoms with van der Waals surface area (Å²) in [7, 11) is 0. The second-order valence-electron chi connectivity index (χ2n) is 9.45. The minimum absolute atomic E-state index is 0.00342. The molecule has 2 saturated carbocycles. The fourth-order valence-electron chi connectivity index (χ4n) is 5.41. The van der Waals surface area contributed by atoms with Gasteiger partial charge in [-0.15, -0.1) is 11.3 Å². The first-order chi connectivity index (χ1) is 15.6. The number of rotatable bonds is 7. The number of hydrogen-bond acceptors (Lipinski definition) is 3. The van der Waals surface area contributed by atoms with E-state index in [-0.39, 0.29) is 23.9 Å². The molecule has 0 saturated heterocycles. The van der Waals surface area contributed by atoms with E-state index >= 15 is 0 Å². The lowest BCUT2D eigenvalue weighted by Crippen LogP contribution is -2.51. The monoisotopic (exact) mass is 452 g/mol. The Balaban J connectivity index is 1.68. The topological polar surface area (TPSA) is 49.4 Å². The Kier molecular flexibility index (Phi) is 8.01. The smallest absolute Gasteiger partial charge is 0.247 e. The Morgan fingerprint density at radius 3 is 2.31 bits per heavy atom. The highest BCUT2D eigenvalue weighted by molar-refractivity contribution is 7.10. The van der Waals surface area contributed by atoms with Crippen LogP contribution >= 0.6 is 11.3 Å². The molecule has 1 aromatic heterocycles. The molecule has 2 aliphatic rings. The molecule has 2 aliphatic carbocycles. The molecule has 1 N–H and O–H groups in total. The first-order valence-electron chi connectivity index (χ1n) is 12.3. The van der Waals surface area contributed by atoms with Crippen molar-refractivity contribution in [2.24, 2.45) is 0 Å². The summed E-state index contributed by atoms with van der Waals surface area (Å²) >= 11 is 1.61. The second-order valence-corrected chi connectivity index (χ2v) is 10.5. The van der Waals surface area contributed by atoms with Gasteiger partial charge in [-0.1, -0.05) is 68.9 Å². The molecule has 4 nitrogen and oxygen atoms in total. The maximum Gasteiger partial charge on any atom is 0.247 e. The highest BCUT2D eigenvalue weighted by atomic mass is 32.1. The number of aryl methyl sites for hydroxylation is 1. The molecule has 2 aromatic rings. The third-order valence-electron chi connectivity index (χ3n) is 7.12. The largest absolute Gasteiger partial charge is 0.351 e. The van der Waals surface area contributed by atoms with E-state index in [1.54, 1.807) is 11.3 Å². The molecule has 1 heterocycles. The van der Waals surface area contributed by atoms with Crippen LogP contribution in [0.25, 0.3) is 0 Å². The van der Waals surface area contributed by atoms with Crippen molar-refractivity contribution in [3.05, 3.63) is 57.8 Å². The number of thiophene rings is 1. The van der Waals surface area contributed by atoms with Crippen molar-refractivity contribution in [3.63, 3.8) is 0 Å². The van der Waals surface area contributed by atoms with Crippen molar-refractivity contribution in [3.8, 4) is 0 Å². The van der Waals surface area contributed by atoms with Gasteiger partial charge < -0.3 is 10.2 Å². The van der Waals surface area contributed by atoms with Crippen molar-refractivity contribution in [2.75, 3.05) is 0 Å². The van der Waals surface area contributed by atoms with Crippen LogP contribution in [0.2, 0.25) is 0 Å². The van der Waals surface area contributed by atoms with Gasteiger partial charge in [0.1, 0.15) is 6.04 Å². The number of benzene rings is 1. The van der Waals surface area contributed by atoms with E-state index in [1.165, 1.54) is 25.7 Å². The van der Waals surface area contributed by atoms with Crippen molar-refractivity contribution >= 4 is 23.2 Å². The highest BCUT2D eigenvalue weighted by Crippen LogP contribution is 2.33. The van der Waals surface area contributed by atoms with Gasteiger partial charge in [0.15, 0.2) is 0 Å². The van der Waals surface area contributed by atoms with Gasteiger partial charge in [-0.3, -0.25) is 9.59 Å². The predicted octanol–water partition coefficient (Wildman–Crippen LogP) is 5.95. The summed E-state index contributed by atoms with van der Waals surface area (Å²) in [4.78, 5) is 30.7. The fourth-order valence-corrected chi connectivity index (χ4v) is 6.11. The molecule has 172 valence electrons. The van der Waals surface area contributed by atoms with Crippen LogP contribution in [0.3, 0.4) is 0 Å². The van der Waals surface area contributed by atoms with Crippen LogP contribution in [0.4, 0.5) is 0 Å². The highest BCUT2D eigenvalue weighted by Gasteiger charge is 2.38. The van der Waals surface area contributed by atoms with Crippen LogP contribution in [-0.4, -0.2) is 28.8 Å². The lowest BCUT2D eigenvalue weighted by atomic mass is 9.89. The third kappa shape index (κ3) is 5.61. The number of hydrogen-bond donors (Lipinski definition) is 1. The molecular weight excluding hydrogens is 416 g/mol. The molecule has 4 rings (SSSR count). The van der Waals surface area contributed by atoms with Gasteiger partial charge in [0, 0.05) is 17.0 Å². The second kappa shape index (κ2) is 11.1. The molecule has 0 radical (unpaired) electrons. The summed E-state index contributed by atoms with van der Waals surface area (Å²) in [5, 5.41) is 5.36. The standard InChI is InChI=1S/C27H36N2O2S/c1-20-11-8-9-17-24(20)26(27(31)28-21-12-4-2-5-13-21)29(22-14-6-3-7-15-22)25(30)19-23-16-10-18-32-23/h8-11,16-18,21-22,26H,2-7,12-15,19H2,1H3,(H,28,31). The first kappa shape index (κ1) is 23.0. The summed E-state index contributed by atoms with van der Waals surface area (Å²) in [6.07, 6.45) is 11.5. The zero-order valence-electron chi connectivity index (χ0n) is 19.2. The van der Waals surface area contributed by atoms with E-state index in [9.17, 15) is 9.59 Å². The van der Waals surface area contributed by atoms with Crippen LogP contribution in [0.15, 0.2) is 41.8 Å². The number of carbonyl (C=O) groups is 2. The van der Waals surface area contributed by atoms with Crippen LogP contribution in [0, 0.1) is 6.92 Å². The van der Waals surface area contributed by atoms with Gasteiger partial charge in [-0.25, -0.2) is 0 Å². The lowest BCUT2D eigenvalue weighted by Gasteiger charge is -2.40. The van der Waals surface area contributed by atoms with Crippen molar-refractivity contribution in [1.29, 1.82) is 0 Å². The lowest BCUT2D eigenvalue weighted by molar-refractivity contribution is -0.144. The van der Waals surface area contributed by atoms with E-state index in [0.29, 0.717) is 6.42 Å². The van der Waals surface area contributed by atoms with Gasteiger partial charge in [0.05, 0.1) is 6.42 Å². The number of carbonyl (C=O) groups excluding carboxylic acids is 2. The normalized spacial score (nSPS) is 18.8. The molecule has 2 amide bonds. The van der Waals surface area contributed by atoms with Crippen molar-refractivity contribution in [1.82, 2.24) is 10.2 Å². The van der Waals surface area contributed by atoms with Gasteiger partial charge in [-0.2, -0.15) is 0 Å². The molecule has 0 spiro atoms. The molecule has 2 fully saturated rings. The zero-order valence-corrected chi connectivity index (χ0v) is 20.0. The Bertz CT molecular complexity index is 883. The number of nitrogens with zero attached hydrogens (tertiary/aromatic N) is 1. The zero-order chi connectivity index (χ0) is 22.3. The summed E-state index contributed by atoms with van der Waals surface area (Å²) < 4.78 is 0. The molecule has 5 heteroatoms. The van der Waals surface area contributed by atoms with Gasteiger partial charge in [0.2, 0.25) is 11.8 Å². The quantitative estimate of drug-likeness (QED) is 0.564. The first-order valence-corrected chi connectivity index (χ1v) is 13.2. The summed E-state index contributed by atoms with van der Waals surface area (Å²) in [5.41, 5.74) is 2.03. The Morgan fingerprint density at radius 1 is 0.969 bits per heavy atom. The van der Waals surface area contributed by atoms with Crippen LogP contribution in [-0.2, 0) is 16.0 Å². The minimum atomic E-state index is -0.561. The van der Waals surface area contributed by atoms with E-state index in [0.717, 1.165) is 54.5 Å². The SMILES string of the molecule is Cc1ccccc1C(C(=O)NC1CCCCC1)N(C(=O)Cc1cccs1)C1CCCCC1. The van der Waals surface area contributed by atoms with Gasteiger partial charge in [-0.05, 0) is 55.2 Å². The molecule has 1 unspecified atom stereocenters. The average Bonchev–Trinajstić information content (AvgIpc) is 3.32. The van der Waals surface area contributed by atoms with E-state index in [2.05, 4.69) is 18.3 Å². The molecule has 1 aromatic carbocycles. The summed E-state index contributed by atoms with van der Waals surface area (Å²) in [6.45, 7) is 2.05. The molecule has 0 aliphatic heterocycles. The Hall–Kier alpha value is -2.14. The fraction of sp³-hybridized carbons (Fsp3) is 0.556. The summed E-state index contributed by atoms with van der Waals surface area (Å²) in [6, 6.07) is 11.9. The molecular formula is C27H36N2O2S. The van der Waals surface area contributed by atoms with Crippen molar-refractivity contribution in [2.45, 2.75) is 95.7 Å². The number of nitrogens with one attached hydrogen (secondary N) is 1.